The van der Waals surface area contributed by atoms with Crippen molar-refractivity contribution in [2.24, 2.45) is 5.73 Å². The van der Waals surface area contributed by atoms with Crippen LogP contribution in [0.25, 0.3) is 0 Å². The first-order chi connectivity index (χ1) is 12.8. The van der Waals surface area contributed by atoms with Crippen molar-refractivity contribution in [3.8, 4) is 0 Å². The Balaban J connectivity index is 1.58. The van der Waals surface area contributed by atoms with Gasteiger partial charge in [-0.15, -0.1) is 0 Å². The van der Waals surface area contributed by atoms with E-state index in [0.29, 0.717) is 6.04 Å². The van der Waals surface area contributed by atoms with Crippen LogP contribution in [-0.2, 0) is 13.1 Å². The second kappa shape index (κ2) is 7.64. The number of nitrogens with zero attached hydrogens (tertiary/aromatic N) is 3. The van der Waals surface area contributed by atoms with Gasteiger partial charge < -0.3 is 16.0 Å². The highest BCUT2D eigenvalue weighted by molar-refractivity contribution is 5.56. The monoisotopic (exact) mass is 351 g/mol. The van der Waals surface area contributed by atoms with Gasteiger partial charge in [-0.3, -0.25) is 0 Å². The summed E-state index contributed by atoms with van der Waals surface area (Å²) < 4.78 is 2.09. The molecule has 1 fully saturated rings. The van der Waals surface area contributed by atoms with Gasteiger partial charge in [-0.2, -0.15) is 5.10 Å². The molecule has 5 heteroatoms. The summed E-state index contributed by atoms with van der Waals surface area (Å²) in [4.78, 5) is 2.31. The number of hydrogen-bond donors (Lipinski definition) is 2. The molecule has 1 aromatic carbocycles. The second-order valence-corrected chi connectivity index (χ2v) is 7.39. The molecular formula is C21H29N5. The maximum absolute atomic E-state index is 6.36. The predicted octanol–water partition coefficient (Wildman–Crippen LogP) is 3.34. The highest BCUT2D eigenvalue weighted by Gasteiger charge is 2.29. The Morgan fingerprint density at radius 2 is 2.00 bits per heavy atom. The molecule has 138 valence electrons. The lowest BCUT2D eigenvalue weighted by molar-refractivity contribution is 0.314. The number of hydrogen-bond acceptors (Lipinski definition) is 4. The normalized spacial score (nSPS) is 25.3. The Labute approximate surface area is 155 Å². The van der Waals surface area contributed by atoms with Gasteiger partial charge in [-0.25, -0.2) is 4.68 Å². The maximum Gasteiger partial charge on any atom is 0.136 e. The summed E-state index contributed by atoms with van der Waals surface area (Å²) in [5.74, 6) is 1.20. The minimum absolute atomic E-state index is 0.187. The van der Waals surface area contributed by atoms with Crippen LogP contribution in [0.4, 0.5) is 5.82 Å². The van der Waals surface area contributed by atoms with Crippen molar-refractivity contribution >= 4 is 5.82 Å². The lowest BCUT2D eigenvalue weighted by Crippen LogP contribution is -2.48. The standard InChI is InChI=1S/C21H29N5/c1-2-26-21-17(14-23-26)19(24-20-11-7-6-10-18(20)22)12-13-25(21)15-16-8-4-3-5-9-16/h3-5,8-9,12-14,18-20,24H,2,6-7,10-11,15,22H2,1H3/t18-,19?,20-/m1/s1. The van der Waals surface area contributed by atoms with Crippen LogP contribution in [0.3, 0.4) is 0 Å². The Bertz CT molecular complexity index is 751. The fraction of sp³-hybridized carbons (Fsp3) is 0.476. The van der Waals surface area contributed by atoms with Crippen molar-refractivity contribution < 1.29 is 0 Å². The Morgan fingerprint density at radius 1 is 1.19 bits per heavy atom. The molecule has 0 radical (unpaired) electrons. The van der Waals surface area contributed by atoms with Crippen LogP contribution in [0.1, 0.15) is 49.8 Å². The summed E-state index contributed by atoms with van der Waals surface area (Å²) in [6, 6.07) is 11.4. The Hall–Kier alpha value is -2.11. The predicted molar refractivity (Wildman–Crippen MR) is 106 cm³/mol. The van der Waals surface area contributed by atoms with Crippen LogP contribution in [0.5, 0.6) is 0 Å². The number of fused-ring (bicyclic) bond motifs is 1. The summed E-state index contributed by atoms with van der Waals surface area (Å²) in [6.45, 7) is 3.86. The number of rotatable bonds is 5. The highest BCUT2D eigenvalue weighted by atomic mass is 15.4. The van der Waals surface area contributed by atoms with Crippen LogP contribution in [0, 0.1) is 0 Å². The summed E-state index contributed by atoms with van der Waals surface area (Å²) >= 11 is 0. The van der Waals surface area contributed by atoms with E-state index in [1.165, 1.54) is 29.8 Å². The average molecular weight is 351 g/mol. The molecule has 1 unspecified atom stereocenters. The molecule has 1 aliphatic carbocycles. The number of aromatic nitrogens is 2. The summed E-state index contributed by atoms with van der Waals surface area (Å²) in [7, 11) is 0. The molecule has 1 saturated carbocycles. The van der Waals surface area contributed by atoms with E-state index in [2.05, 4.69) is 69.5 Å². The third-order valence-corrected chi connectivity index (χ3v) is 5.61. The SMILES string of the molecule is CCn1ncc2c1N(Cc1ccccc1)C=CC2N[C@@H]1CCCC[C@H]1N. The van der Waals surface area contributed by atoms with Crippen molar-refractivity contribution in [3.05, 3.63) is 59.9 Å². The smallest absolute Gasteiger partial charge is 0.136 e. The van der Waals surface area contributed by atoms with Crippen molar-refractivity contribution in [1.82, 2.24) is 15.1 Å². The third-order valence-electron chi connectivity index (χ3n) is 5.61. The molecule has 5 nitrogen and oxygen atoms in total. The first kappa shape index (κ1) is 17.3. The quantitative estimate of drug-likeness (QED) is 0.867. The van der Waals surface area contributed by atoms with Gasteiger partial charge in [0.25, 0.3) is 0 Å². The number of nitrogens with two attached hydrogens (primary N) is 1. The van der Waals surface area contributed by atoms with Gasteiger partial charge in [0.2, 0.25) is 0 Å². The highest BCUT2D eigenvalue weighted by Crippen LogP contribution is 2.34. The maximum atomic E-state index is 6.36. The van der Waals surface area contributed by atoms with E-state index >= 15 is 0 Å². The van der Waals surface area contributed by atoms with E-state index < -0.39 is 0 Å². The van der Waals surface area contributed by atoms with Gasteiger partial charge in [0.05, 0.1) is 12.2 Å². The zero-order valence-corrected chi connectivity index (χ0v) is 15.5. The molecule has 1 aromatic heterocycles. The lowest BCUT2D eigenvalue weighted by atomic mass is 9.90. The molecule has 26 heavy (non-hydrogen) atoms. The molecule has 4 rings (SSSR count). The zero-order chi connectivity index (χ0) is 17.9. The summed E-state index contributed by atoms with van der Waals surface area (Å²) in [5, 5.41) is 8.43. The van der Waals surface area contributed by atoms with E-state index in [1.807, 2.05) is 6.20 Å². The number of aryl methyl sites for hydroxylation is 1. The largest absolute Gasteiger partial charge is 0.329 e. The van der Waals surface area contributed by atoms with Crippen molar-refractivity contribution in [3.63, 3.8) is 0 Å². The summed E-state index contributed by atoms with van der Waals surface area (Å²) in [5.41, 5.74) is 8.91. The molecule has 2 aliphatic rings. The molecule has 3 atom stereocenters. The van der Waals surface area contributed by atoms with Crippen LogP contribution in [0.2, 0.25) is 0 Å². The average Bonchev–Trinajstić information content (AvgIpc) is 3.11. The molecule has 1 aliphatic heterocycles. The lowest BCUT2D eigenvalue weighted by Gasteiger charge is -2.35. The van der Waals surface area contributed by atoms with Crippen LogP contribution < -0.4 is 16.0 Å². The fourth-order valence-electron chi connectivity index (χ4n) is 4.17. The van der Waals surface area contributed by atoms with Gasteiger partial charge in [-0.05, 0) is 31.4 Å². The number of nitrogens with one attached hydrogen (secondary N) is 1. The molecule has 0 bridgehead atoms. The Morgan fingerprint density at radius 3 is 2.77 bits per heavy atom. The molecule has 0 spiro atoms. The van der Waals surface area contributed by atoms with Crippen molar-refractivity contribution in [2.45, 2.75) is 63.8 Å². The minimum Gasteiger partial charge on any atom is -0.329 e. The fourth-order valence-corrected chi connectivity index (χ4v) is 4.17. The zero-order valence-electron chi connectivity index (χ0n) is 15.5. The van der Waals surface area contributed by atoms with Gasteiger partial charge in [0, 0.05) is 36.9 Å². The van der Waals surface area contributed by atoms with Crippen LogP contribution in [0.15, 0.2) is 48.8 Å². The van der Waals surface area contributed by atoms with E-state index in [0.717, 1.165) is 25.9 Å². The van der Waals surface area contributed by atoms with Crippen molar-refractivity contribution in [1.29, 1.82) is 0 Å². The molecule has 0 saturated heterocycles. The van der Waals surface area contributed by atoms with Crippen molar-refractivity contribution in [2.75, 3.05) is 4.90 Å². The van der Waals surface area contributed by atoms with Gasteiger partial charge in [0.15, 0.2) is 0 Å². The molecular weight excluding hydrogens is 322 g/mol. The van der Waals surface area contributed by atoms with Gasteiger partial charge in [-0.1, -0.05) is 43.2 Å². The number of anilines is 1. The summed E-state index contributed by atoms with van der Waals surface area (Å²) in [6.07, 6.45) is 11.3. The van der Waals surface area contributed by atoms with Crippen LogP contribution in [-0.4, -0.2) is 21.9 Å². The van der Waals surface area contributed by atoms with Gasteiger partial charge in [0.1, 0.15) is 5.82 Å². The molecule has 0 amide bonds. The van der Waals surface area contributed by atoms with Gasteiger partial charge >= 0.3 is 0 Å². The minimum atomic E-state index is 0.187. The van der Waals surface area contributed by atoms with E-state index in [1.54, 1.807) is 0 Å². The van der Waals surface area contributed by atoms with E-state index in [4.69, 9.17) is 5.73 Å². The molecule has 2 aromatic rings. The van der Waals surface area contributed by atoms with E-state index in [9.17, 15) is 0 Å². The molecule has 3 N–H and O–H groups in total. The van der Waals surface area contributed by atoms with Crippen LogP contribution >= 0.6 is 0 Å². The van der Waals surface area contributed by atoms with E-state index in [-0.39, 0.29) is 12.1 Å². The first-order valence-corrected chi connectivity index (χ1v) is 9.82. The Kier molecular flexibility index (Phi) is 5.09. The third kappa shape index (κ3) is 3.41. The molecule has 2 heterocycles. The first-order valence-electron chi connectivity index (χ1n) is 9.82. The number of benzene rings is 1. The second-order valence-electron chi connectivity index (χ2n) is 7.39. The topological polar surface area (TPSA) is 59.1 Å².